The van der Waals surface area contributed by atoms with Crippen LogP contribution in [0.3, 0.4) is 0 Å². The molecule has 2 aromatic carbocycles. The Morgan fingerprint density at radius 1 is 0.920 bits per heavy atom. The molecule has 0 bridgehead atoms. The minimum absolute atomic E-state index is 0.424. The van der Waals surface area contributed by atoms with Crippen molar-refractivity contribution in [1.29, 1.82) is 0 Å². The molecule has 0 saturated heterocycles. The lowest BCUT2D eigenvalue weighted by atomic mass is 10.2. The Kier molecular flexibility index (Phi) is 3.14. The highest BCUT2D eigenvalue weighted by atomic mass is 32.1. The van der Waals surface area contributed by atoms with Crippen LogP contribution in [0.5, 0.6) is 11.6 Å². The standard InChI is InChI=1S/C17H10N6OS/c1-2-4-14-13(3-1)18-17(25-14)11-5-7-12(8-6-11)24-16-10-9-15-19-21-22-23(15)20-16/h1-10H. The third kappa shape index (κ3) is 2.58. The summed E-state index contributed by atoms with van der Waals surface area (Å²) < 4.78 is 8.26. The van der Waals surface area contributed by atoms with Gasteiger partial charge in [0.25, 0.3) is 0 Å². The number of ether oxygens (including phenoxy) is 1. The van der Waals surface area contributed by atoms with E-state index in [0.717, 1.165) is 16.1 Å². The van der Waals surface area contributed by atoms with E-state index in [1.165, 1.54) is 9.33 Å². The second-order valence-electron chi connectivity index (χ2n) is 5.31. The van der Waals surface area contributed by atoms with Gasteiger partial charge in [0.05, 0.1) is 10.2 Å². The zero-order valence-electron chi connectivity index (χ0n) is 12.8. The molecule has 0 unspecified atom stereocenters. The summed E-state index contributed by atoms with van der Waals surface area (Å²) in [7, 11) is 0. The fraction of sp³-hybridized carbons (Fsp3) is 0. The third-order valence-electron chi connectivity index (χ3n) is 3.66. The summed E-state index contributed by atoms with van der Waals surface area (Å²) in [6.07, 6.45) is 0. The van der Waals surface area contributed by atoms with Gasteiger partial charge in [0.2, 0.25) is 5.88 Å². The van der Waals surface area contributed by atoms with E-state index < -0.39 is 0 Å². The van der Waals surface area contributed by atoms with Crippen LogP contribution < -0.4 is 4.74 Å². The first-order chi connectivity index (χ1) is 12.3. The van der Waals surface area contributed by atoms with Crippen molar-refractivity contribution in [1.82, 2.24) is 30.2 Å². The van der Waals surface area contributed by atoms with Crippen molar-refractivity contribution in [3.05, 3.63) is 60.7 Å². The SMILES string of the molecule is c1ccc2sc(-c3ccc(Oc4ccc5nnnn5n4)cc3)nc2c1. The molecule has 25 heavy (non-hydrogen) atoms. The minimum atomic E-state index is 0.424. The molecule has 120 valence electrons. The van der Waals surface area contributed by atoms with E-state index in [0.29, 0.717) is 17.3 Å². The summed E-state index contributed by atoms with van der Waals surface area (Å²) >= 11 is 1.67. The van der Waals surface area contributed by atoms with Crippen molar-refractivity contribution < 1.29 is 4.74 Å². The van der Waals surface area contributed by atoms with Crippen LogP contribution in [-0.2, 0) is 0 Å². The number of fused-ring (bicyclic) bond motifs is 2. The van der Waals surface area contributed by atoms with Crippen LogP contribution in [-0.4, -0.2) is 30.2 Å². The third-order valence-corrected chi connectivity index (χ3v) is 4.75. The van der Waals surface area contributed by atoms with Crippen LogP contribution >= 0.6 is 11.3 Å². The number of thiazole rings is 1. The van der Waals surface area contributed by atoms with Gasteiger partial charge in [0, 0.05) is 11.6 Å². The number of nitrogens with zero attached hydrogens (tertiary/aromatic N) is 6. The molecular weight excluding hydrogens is 336 g/mol. The molecule has 5 aromatic rings. The second kappa shape index (κ2) is 5.60. The molecule has 8 heteroatoms. The number of aromatic nitrogens is 6. The highest BCUT2D eigenvalue weighted by molar-refractivity contribution is 7.21. The Labute approximate surface area is 145 Å². The molecule has 5 rings (SSSR count). The maximum Gasteiger partial charge on any atom is 0.239 e. The lowest BCUT2D eigenvalue weighted by Gasteiger charge is -2.04. The molecular formula is C17H10N6OS. The summed E-state index contributed by atoms with van der Waals surface area (Å²) in [4.78, 5) is 4.66. The monoisotopic (exact) mass is 346 g/mol. The van der Waals surface area contributed by atoms with Gasteiger partial charge in [-0.1, -0.05) is 12.1 Å². The van der Waals surface area contributed by atoms with Crippen LogP contribution in [0.15, 0.2) is 60.7 Å². The predicted octanol–water partition coefficient (Wildman–Crippen LogP) is 3.59. The molecule has 0 saturated carbocycles. The van der Waals surface area contributed by atoms with Crippen molar-refractivity contribution in [3.8, 4) is 22.2 Å². The molecule has 0 amide bonds. The molecule has 7 nitrogen and oxygen atoms in total. The highest BCUT2D eigenvalue weighted by Gasteiger charge is 2.07. The molecule has 0 atom stereocenters. The van der Waals surface area contributed by atoms with Crippen molar-refractivity contribution in [2.24, 2.45) is 0 Å². The lowest BCUT2D eigenvalue weighted by Crippen LogP contribution is -1.97. The molecule has 0 aliphatic rings. The fourth-order valence-corrected chi connectivity index (χ4v) is 3.44. The average Bonchev–Trinajstić information content (AvgIpc) is 3.28. The van der Waals surface area contributed by atoms with Gasteiger partial charge >= 0.3 is 0 Å². The summed E-state index contributed by atoms with van der Waals surface area (Å²) in [6, 6.07) is 19.4. The second-order valence-corrected chi connectivity index (χ2v) is 6.34. The van der Waals surface area contributed by atoms with E-state index in [4.69, 9.17) is 4.74 Å². The Morgan fingerprint density at radius 2 is 1.80 bits per heavy atom. The summed E-state index contributed by atoms with van der Waals surface area (Å²) in [5.74, 6) is 1.11. The molecule has 0 N–H and O–H groups in total. The van der Waals surface area contributed by atoms with Gasteiger partial charge in [-0.3, -0.25) is 0 Å². The van der Waals surface area contributed by atoms with Crippen LogP contribution in [0.4, 0.5) is 0 Å². The highest BCUT2D eigenvalue weighted by Crippen LogP contribution is 2.31. The number of rotatable bonds is 3. The van der Waals surface area contributed by atoms with Gasteiger partial charge < -0.3 is 4.74 Å². The van der Waals surface area contributed by atoms with E-state index in [-0.39, 0.29) is 0 Å². The van der Waals surface area contributed by atoms with Crippen molar-refractivity contribution in [2.75, 3.05) is 0 Å². The topological polar surface area (TPSA) is 78.1 Å². The first kappa shape index (κ1) is 14.0. The molecule has 0 aliphatic carbocycles. The van der Waals surface area contributed by atoms with E-state index in [9.17, 15) is 0 Å². The van der Waals surface area contributed by atoms with Gasteiger partial charge in [-0.15, -0.1) is 26.2 Å². The normalized spacial score (nSPS) is 11.2. The van der Waals surface area contributed by atoms with E-state index >= 15 is 0 Å². The first-order valence-electron chi connectivity index (χ1n) is 7.54. The Balaban J connectivity index is 1.42. The Morgan fingerprint density at radius 3 is 2.68 bits per heavy atom. The van der Waals surface area contributed by atoms with Gasteiger partial charge in [0.15, 0.2) is 5.65 Å². The summed E-state index contributed by atoms with van der Waals surface area (Å²) in [5.41, 5.74) is 2.64. The van der Waals surface area contributed by atoms with Crippen LogP contribution in [0, 0.1) is 0 Å². The van der Waals surface area contributed by atoms with Crippen molar-refractivity contribution >= 4 is 27.2 Å². The Bertz CT molecular complexity index is 1150. The first-order valence-corrected chi connectivity index (χ1v) is 8.36. The molecule has 3 aromatic heterocycles. The molecule has 0 fully saturated rings. The fourth-order valence-electron chi connectivity index (χ4n) is 2.47. The van der Waals surface area contributed by atoms with E-state index in [2.05, 4.69) is 31.7 Å². The molecule has 0 radical (unpaired) electrons. The van der Waals surface area contributed by atoms with Crippen molar-refractivity contribution in [3.63, 3.8) is 0 Å². The zero-order valence-corrected chi connectivity index (χ0v) is 13.6. The quantitative estimate of drug-likeness (QED) is 0.497. The number of benzene rings is 2. The summed E-state index contributed by atoms with van der Waals surface area (Å²) in [6.45, 7) is 0. The van der Waals surface area contributed by atoms with Gasteiger partial charge in [-0.2, -0.15) is 0 Å². The van der Waals surface area contributed by atoms with Gasteiger partial charge in [0.1, 0.15) is 10.8 Å². The maximum atomic E-state index is 5.76. The number of tetrazole rings is 1. The van der Waals surface area contributed by atoms with Crippen LogP contribution in [0.1, 0.15) is 0 Å². The van der Waals surface area contributed by atoms with Crippen LogP contribution in [0.2, 0.25) is 0 Å². The average molecular weight is 346 g/mol. The smallest absolute Gasteiger partial charge is 0.239 e. The van der Waals surface area contributed by atoms with Gasteiger partial charge in [-0.05, 0) is 52.9 Å². The zero-order chi connectivity index (χ0) is 16.6. The largest absolute Gasteiger partial charge is 0.438 e. The number of para-hydroxylation sites is 1. The van der Waals surface area contributed by atoms with Crippen molar-refractivity contribution in [2.45, 2.75) is 0 Å². The molecule has 3 heterocycles. The minimum Gasteiger partial charge on any atom is -0.438 e. The summed E-state index contributed by atoms with van der Waals surface area (Å²) in [5, 5.41) is 16.3. The van der Waals surface area contributed by atoms with E-state index in [1.54, 1.807) is 23.5 Å². The number of hydrogen-bond acceptors (Lipinski definition) is 7. The predicted molar refractivity (Wildman–Crippen MR) is 93.7 cm³/mol. The molecule has 0 aliphatic heterocycles. The van der Waals surface area contributed by atoms with Gasteiger partial charge in [-0.25, -0.2) is 4.98 Å². The Hall–Kier alpha value is -3.39. The van der Waals surface area contributed by atoms with E-state index in [1.807, 2.05) is 42.5 Å². The number of hydrogen-bond donors (Lipinski definition) is 0. The van der Waals surface area contributed by atoms with Crippen LogP contribution in [0.25, 0.3) is 26.4 Å². The lowest BCUT2D eigenvalue weighted by molar-refractivity contribution is 0.447. The molecule has 0 spiro atoms. The maximum absolute atomic E-state index is 5.76.